The molecule has 1 saturated carbocycles. The summed E-state index contributed by atoms with van der Waals surface area (Å²) in [5, 5.41) is 8.39. The van der Waals surface area contributed by atoms with Gasteiger partial charge in [-0.3, -0.25) is 0 Å². The summed E-state index contributed by atoms with van der Waals surface area (Å²) in [5.41, 5.74) is 0.895. The van der Waals surface area contributed by atoms with Crippen molar-refractivity contribution in [3.05, 3.63) is 59.7 Å². The predicted octanol–water partition coefficient (Wildman–Crippen LogP) is 6.12. The molecule has 0 atom stereocenters. The summed E-state index contributed by atoms with van der Waals surface area (Å²) >= 11 is 0. The van der Waals surface area contributed by atoms with Crippen molar-refractivity contribution < 1.29 is 8.78 Å². The molecule has 0 N–H and O–H groups in total. The minimum absolute atomic E-state index is 0.712. The molecule has 0 amide bonds. The number of halogens is 2. The molecular weight excluding hydrogens is 304 g/mol. The molecule has 1 fully saturated rings. The molecule has 0 unspecified atom stereocenters. The molecule has 2 rings (SSSR count). The van der Waals surface area contributed by atoms with Crippen LogP contribution < -0.4 is 0 Å². The molecule has 0 aliphatic heterocycles. The number of rotatable bonds is 7. The molecule has 0 radical (unpaired) electrons. The van der Waals surface area contributed by atoms with E-state index in [1.54, 1.807) is 12.1 Å². The van der Waals surface area contributed by atoms with Crippen molar-refractivity contribution in [2.24, 2.45) is 11.8 Å². The van der Waals surface area contributed by atoms with Crippen molar-refractivity contribution in [2.45, 2.75) is 51.4 Å². The van der Waals surface area contributed by atoms with E-state index in [0.717, 1.165) is 30.7 Å². The lowest BCUT2D eigenvalue weighted by molar-refractivity contribution is 0.254. The highest BCUT2D eigenvalue weighted by atomic mass is 19.2. The summed E-state index contributed by atoms with van der Waals surface area (Å²) in [7, 11) is 0. The van der Waals surface area contributed by atoms with Crippen LogP contribution in [0.1, 0.15) is 50.5 Å². The number of hydrogen-bond donors (Lipinski definition) is 0. The topological polar surface area (TPSA) is 23.8 Å². The average molecular weight is 329 g/mol. The number of aryl methyl sites for hydroxylation is 1. The maximum absolute atomic E-state index is 13.2. The zero-order valence-electron chi connectivity index (χ0n) is 14.1. The zero-order chi connectivity index (χ0) is 17.2. The highest BCUT2D eigenvalue weighted by Crippen LogP contribution is 2.34. The number of benzene rings is 1. The SMILES string of the molecule is N#C/C=C/C=C/CCC1CCC(CCc2ccc(F)c(F)c2)CC1. The number of nitriles is 1. The van der Waals surface area contributed by atoms with Crippen LogP contribution in [0.5, 0.6) is 0 Å². The van der Waals surface area contributed by atoms with Gasteiger partial charge in [0, 0.05) is 6.08 Å². The largest absolute Gasteiger partial charge is 0.204 e. The molecule has 0 heterocycles. The third-order valence-electron chi connectivity index (χ3n) is 4.95. The van der Waals surface area contributed by atoms with Gasteiger partial charge in [0.05, 0.1) is 6.07 Å². The first-order chi connectivity index (χ1) is 11.7. The molecule has 24 heavy (non-hydrogen) atoms. The monoisotopic (exact) mass is 329 g/mol. The highest BCUT2D eigenvalue weighted by Gasteiger charge is 2.20. The van der Waals surface area contributed by atoms with Gasteiger partial charge in [-0.15, -0.1) is 0 Å². The van der Waals surface area contributed by atoms with Crippen LogP contribution in [0.25, 0.3) is 0 Å². The molecular formula is C21H25F2N. The first-order valence-corrected chi connectivity index (χ1v) is 8.84. The van der Waals surface area contributed by atoms with Gasteiger partial charge in [0.2, 0.25) is 0 Å². The molecule has 0 spiro atoms. The Kier molecular flexibility index (Phi) is 7.68. The Labute approximate surface area is 143 Å². The highest BCUT2D eigenvalue weighted by molar-refractivity contribution is 5.18. The van der Waals surface area contributed by atoms with Crippen molar-refractivity contribution in [1.82, 2.24) is 0 Å². The normalized spacial score (nSPS) is 21.4. The van der Waals surface area contributed by atoms with Crippen LogP contribution in [0, 0.1) is 34.8 Å². The minimum atomic E-state index is -0.767. The van der Waals surface area contributed by atoms with E-state index in [-0.39, 0.29) is 0 Å². The molecule has 0 saturated heterocycles. The Morgan fingerprint density at radius 2 is 1.71 bits per heavy atom. The molecule has 0 aromatic heterocycles. The fourth-order valence-corrected chi connectivity index (χ4v) is 3.48. The fourth-order valence-electron chi connectivity index (χ4n) is 3.48. The quantitative estimate of drug-likeness (QED) is 0.436. The number of nitrogens with zero attached hydrogens (tertiary/aromatic N) is 1. The first-order valence-electron chi connectivity index (χ1n) is 8.84. The second-order valence-corrected chi connectivity index (χ2v) is 6.67. The third-order valence-corrected chi connectivity index (χ3v) is 4.95. The molecule has 0 bridgehead atoms. The van der Waals surface area contributed by atoms with Gasteiger partial charge in [0.25, 0.3) is 0 Å². The number of allylic oxidation sites excluding steroid dienone is 4. The molecule has 128 valence electrons. The summed E-state index contributed by atoms with van der Waals surface area (Å²) in [4.78, 5) is 0. The van der Waals surface area contributed by atoms with E-state index in [0.29, 0.717) is 5.92 Å². The van der Waals surface area contributed by atoms with E-state index < -0.39 is 11.6 Å². The van der Waals surface area contributed by atoms with Crippen LogP contribution in [0.15, 0.2) is 42.5 Å². The van der Waals surface area contributed by atoms with Gasteiger partial charge in [-0.25, -0.2) is 8.78 Å². The van der Waals surface area contributed by atoms with Crippen LogP contribution in [0.3, 0.4) is 0 Å². The van der Waals surface area contributed by atoms with E-state index in [1.807, 2.05) is 12.1 Å². The molecule has 1 aromatic rings. The van der Waals surface area contributed by atoms with Crippen LogP contribution in [0.4, 0.5) is 8.78 Å². The maximum atomic E-state index is 13.2. The van der Waals surface area contributed by atoms with Gasteiger partial charge in [-0.1, -0.05) is 50.0 Å². The van der Waals surface area contributed by atoms with Crippen molar-refractivity contribution in [2.75, 3.05) is 0 Å². The Morgan fingerprint density at radius 3 is 2.38 bits per heavy atom. The smallest absolute Gasteiger partial charge is 0.159 e. The van der Waals surface area contributed by atoms with Crippen molar-refractivity contribution in [3.63, 3.8) is 0 Å². The van der Waals surface area contributed by atoms with E-state index in [1.165, 1.54) is 50.3 Å². The van der Waals surface area contributed by atoms with Crippen LogP contribution in [-0.4, -0.2) is 0 Å². The second kappa shape index (κ2) is 10.0. The maximum Gasteiger partial charge on any atom is 0.159 e. The lowest BCUT2D eigenvalue weighted by Gasteiger charge is -2.28. The van der Waals surface area contributed by atoms with E-state index in [9.17, 15) is 8.78 Å². The van der Waals surface area contributed by atoms with Crippen molar-refractivity contribution in [3.8, 4) is 6.07 Å². The first kappa shape index (κ1) is 18.4. The fraction of sp³-hybridized carbons (Fsp3) is 0.476. The van der Waals surface area contributed by atoms with Gasteiger partial charge >= 0.3 is 0 Å². The Bertz CT molecular complexity index is 605. The molecule has 1 aromatic carbocycles. The third kappa shape index (κ3) is 6.28. The van der Waals surface area contributed by atoms with Crippen molar-refractivity contribution in [1.29, 1.82) is 5.26 Å². The van der Waals surface area contributed by atoms with E-state index in [4.69, 9.17) is 5.26 Å². The summed E-state index contributed by atoms with van der Waals surface area (Å²) < 4.78 is 26.1. The van der Waals surface area contributed by atoms with Crippen LogP contribution in [-0.2, 0) is 6.42 Å². The molecule has 1 nitrogen and oxygen atoms in total. The van der Waals surface area contributed by atoms with Gasteiger partial charge < -0.3 is 0 Å². The van der Waals surface area contributed by atoms with Gasteiger partial charge in [0.1, 0.15) is 0 Å². The molecule has 3 heteroatoms. The minimum Gasteiger partial charge on any atom is -0.204 e. The lowest BCUT2D eigenvalue weighted by atomic mass is 9.78. The Morgan fingerprint density at radius 1 is 1.00 bits per heavy atom. The summed E-state index contributed by atoms with van der Waals surface area (Å²) in [5.74, 6) is 0.00267. The van der Waals surface area contributed by atoms with Crippen LogP contribution >= 0.6 is 0 Å². The molecule has 1 aliphatic rings. The second-order valence-electron chi connectivity index (χ2n) is 6.67. The van der Waals surface area contributed by atoms with Crippen molar-refractivity contribution >= 4 is 0 Å². The number of hydrogen-bond acceptors (Lipinski definition) is 1. The van der Waals surface area contributed by atoms with Gasteiger partial charge in [-0.2, -0.15) is 5.26 Å². The summed E-state index contributed by atoms with van der Waals surface area (Å²) in [6.07, 6.45) is 16.5. The predicted molar refractivity (Wildman–Crippen MR) is 93.3 cm³/mol. The molecule has 1 aliphatic carbocycles. The summed E-state index contributed by atoms with van der Waals surface area (Å²) in [6, 6.07) is 6.21. The van der Waals surface area contributed by atoms with Gasteiger partial charge in [-0.05, 0) is 55.2 Å². The van der Waals surface area contributed by atoms with E-state index >= 15 is 0 Å². The lowest BCUT2D eigenvalue weighted by Crippen LogP contribution is -2.15. The Balaban J connectivity index is 1.64. The van der Waals surface area contributed by atoms with E-state index in [2.05, 4.69) is 6.08 Å². The Hall–Kier alpha value is -1.95. The standard InChI is InChI=1S/C21H25F2N/c22-20-14-13-19(16-21(20)23)12-11-18-9-7-17(8-10-18)6-4-2-1-3-5-15-24/h1-3,5,13-14,16-18H,4,6-12H2/b2-1+,5-3+. The zero-order valence-corrected chi connectivity index (χ0v) is 14.1. The van der Waals surface area contributed by atoms with Gasteiger partial charge in [0.15, 0.2) is 11.6 Å². The van der Waals surface area contributed by atoms with Crippen LogP contribution in [0.2, 0.25) is 0 Å². The summed E-state index contributed by atoms with van der Waals surface area (Å²) in [6.45, 7) is 0. The average Bonchev–Trinajstić information content (AvgIpc) is 2.60.